The van der Waals surface area contributed by atoms with Crippen LogP contribution in [0.1, 0.15) is 33.1 Å². The van der Waals surface area contributed by atoms with Crippen LogP contribution in [0, 0.1) is 0 Å². The van der Waals surface area contributed by atoms with Gasteiger partial charge in [-0.15, -0.1) is 0 Å². The first kappa shape index (κ1) is 10.9. The van der Waals surface area contributed by atoms with Gasteiger partial charge in [0.25, 0.3) is 0 Å². The largest absolute Gasteiger partial charge is 0.466 e. The number of rotatable bonds is 5. The Hall–Kier alpha value is -1.06. The van der Waals surface area contributed by atoms with Crippen molar-refractivity contribution in [2.24, 2.45) is 5.16 Å². The molecule has 12 heavy (non-hydrogen) atoms. The lowest BCUT2D eigenvalue weighted by molar-refractivity contribution is -0.143. The molecule has 0 aromatic carbocycles. The highest BCUT2D eigenvalue weighted by molar-refractivity contribution is 5.81. The van der Waals surface area contributed by atoms with E-state index in [1.807, 2.05) is 0 Å². The molecule has 0 amide bonds. The van der Waals surface area contributed by atoms with Crippen LogP contribution in [0.25, 0.3) is 0 Å². The number of carbonyl (C=O) groups excluding carboxylic acids is 1. The van der Waals surface area contributed by atoms with Crippen molar-refractivity contribution >= 4 is 11.7 Å². The maximum absolute atomic E-state index is 10.8. The summed E-state index contributed by atoms with van der Waals surface area (Å²) in [6.07, 6.45) is 1.70. The van der Waals surface area contributed by atoms with Crippen LogP contribution in [0.3, 0.4) is 0 Å². The number of hydrogen-bond acceptors (Lipinski definition) is 4. The fourth-order valence-corrected chi connectivity index (χ4v) is 0.772. The van der Waals surface area contributed by atoms with E-state index in [0.29, 0.717) is 31.6 Å². The second-order valence-corrected chi connectivity index (χ2v) is 2.49. The Kier molecular flexibility index (Phi) is 6.05. The number of oxime groups is 1. The van der Waals surface area contributed by atoms with Gasteiger partial charge in [-0.2, -0.15) is 0 Å². The minimum Gasteiger partial charge on any atom is -0.466 e. The van der Waals surface area contributed by atoms with Crippen LogP contribution in [-0.4, -0.2) is 23.5 Å². The summed E-state index contributed by atoms with van der Waals surface area (Å²) < 4.78 is 4.72. The van der Waals surface area contributed by atoms with E-state index >= 15 is 0 Å². The molecular weight excluding hydrogens is 158 g/mol. The number of carbonyl (C=O) groups is 1. The summed E-state index contributed by atoms with van der Waals surface area (Å²) in [5, 5.41) is 11.3. The van der Waals surface area contributed by atoms with Crippen LogP contribution in [0.2, 0.25) is 0 Å². The first-order valence-corrected chi connectivity index (χ1v) is 4.03. The van der Waals surface area contributed by atoms with E-state index in [1.165, 1.54) is 0 Å². The fourth-order valence-electron chi connectivity index (χ4n) is 0.772. The Morgan fingerprint density at radius 1 is 1.50 bits per heavy atom. The molecule has 0 rings (SSSR count). The Balaban J connectivity index is 3.37. The normalized spacial score (nSPS) is 11.3. The molecule has 0 spiro atoms. The Labute approximate surface area is 72.2 Å². The summed E-state index contributed by atoms with van der Waals surface area (Å²) in [6.45, 7) is 3.91. The van der Waals surface area contributed by atoms with Crippen molar-refractivity contribution < 1.29 is 14.7 Å². The van der Waals surface area contributed by atoms with Crippen LogP contribution in [0.4, 0.5) is 0 Å². The molecule has 0 heterocycles. The summed E-state index contributed by atoms with van der Waals surface area (Å²) in [4.78, 5) is 10.8. The number of ether oxygens (including phenoxy) is 1. The zero-order valence-electron chi connectivity index (χ0n) is 7.54. The zero-order chi connectivity index (χ0) is 9.40. The van der Waals surface area contributed by atoms with Crippen molar-refractivity contribution in [2.45, 2.75) is 33.1 Å². The molecule has 70 valence electrons. The van der Waals surface area contributed by atoms with E-state index in [4.69, 9.17) is 9.94 Å². The van der Waals surface area contributed by atoms with Crippen molar-refractivity contribution in [3.05, 3.63) is 0 Å². The molecule has 0 fully saturated rings. The van der Waals surface area contributed by atoms with Crippen molar-refractivity contribution in [1.82, 2.24) is 0 Å². The van der Waals surface area contributed by atoms with Crippen LogP contribution in [-0.2, 0) is 9.53 Å². The summed E-state index contributed by atoms with van der Waals surface area (Å²) in [7, 11) is 0. The van der Waals surface area contributed by atoms with Crippen molar-refractivity contribution in [3.63, 3.8) is 0 Å². The van der Waals surface area contributed by atoms with Gasteiger partial charge in [0.05, 0.1) is 12.3 Å². The Morgan fingerprint density at radius 3 is 2.67 bits per heavy atom. The third-order valence-corrected chi connectivity index (χ3v) is 1.40. The molecule has 4 nitrogen and oxygen atoms in total. The minimum absolute atomic E-state index is 0.191. The fraction of sp³-hybridized carbons (Fsp3) is 0.750. The Morgan fingerprint density at radius 2 is 2.17 bits per heavy atom. The summed E-state index contributed by atoms with van der Waals surface area (Å²) in [6, 6.07) is 0. The van der Waals surface area contributed by atoms with Gasteiger partial charge in [0.1, 0.15) is 0 Å². The van der Waals surface area contributed by atoms with Crippen LogP contribution in [0.15, 0.2) is 5.16 Å². The summed E-state index contributed by atoms with van der Waals surface area (Å²) in [5.74, 6) is -0.191. The molecule has 0 bridgehead atoms. The predicted molar refractivity (Wildman–Crippen MR) is 45.4 cm³/mol. The van der Waals surface area contributed by atoms with Crippen molar-refractivity contribution in [3.8, 4) is 0 Å². The molecule has 0 atom stereocenters. The topological polar surface area (TPSA) is 58.9 Å². The molecule has 0 aromatic rings. The lowest BCUT2D eigenvalue weighted by Crippen LogP contribution is -2.04. The van der Waals surface area contributed by atoms with E-state index in [2.05, 4.69) is 5.16 Å². The summed E-state index contributed by atoms with van der Waals surface area (Å²) >= 11 is 0. The number of nitrogens with zero attached hydrogens (tertiary/aromatic N) is 1. The molecule has 0 aliphatic rings. The van der Waals surface area contributed by atoms with Gasteiger partial charge in [-0.25, -0.2) is 0 Å². The lowest BCUT2D eigenvalue weighted by atomic mass is 10.2. The van der Waals surface area contributed by atoms with Gasteiger partial charge in [-0.05, 0) is 26.7 Å². The highest BCUT2D eigenvalue weighted by Crippen LogP contribution is 1.99. The standard InChI is InChI=1S/C8H15NO3/c1-3-12-8(10)6-4-5-7(2)9-11/h11H,3-6H2,1-2H3/b9-7+. The van der Waals surface area contributed by atoms with Gasteiger partial charge in [0.15, 0.2) is 0 Å². The van der Waals surface area contributed by atoms with Crippen LogP contribution < -0.4 is 0 Å². The summed E-state index contributed by atoms with van der Waals surface area (Å²) in [5.41, 5.74) is 0.638. The molecule has 0 saturated heterocycles. The van der Waals surface area contributed by atoms with E-state index in [0.717, 1.165) is 0 Å². The molecular formula is C8H15NO3. The maximum Gasteiger partial charge on any atom is 0.305 e. The maximum atomic E-state index is 10.8. The van der Waals surface area contributed by atoms with E-state index < -0.39 is 0 Å². The minimum atomic E-state index is -0.191. The molecule has 0 aromatic heterocycles. The van der Waals surface area contributed by atoms with Gasteiger partial charge < -0.3 is 9.94 Å². The number of hydrogen-bond donors (Lipinski definition) is 1. The van der Waals surface area contributed by atoms with Crippen LogP contribution in [0.5, 0.6) is 0 Å². The SMILES string of the molecule is CCOC(=O)CCC/C(C)=N/O. The van der Waals surface area contributed by atoms with Crippen molar-refractivity contribution in [2.75, 3.05) is 6.61 Å². The van der Waals surface area contributed by atoms with E-state index in [9.17, 15) is 4.79 Å². The second-order valence-electron chi connectivity index (χ2n) is 2.49. The zero-order valence-corrected chi connectivity index (χ0v) is 7.54. The van der Waals surface area contributed by atoms with Gasteiger partial charge in [-0.1, -0.05) is 5.16 Å². The van der Waals surface area contributed by atoms with Gasteiger partial charge in [0.2, 0.25) is 0 Å². The van der Waals surface area contributed by atoms with Crippen LogP contribution >= 0.6 is 0 Å². The predicted octanol–water partition coefficient (Wildman–Crippen LogP) is 1.57. The quantitative estimate of drug-likeness (QED) is 0.297. The highest BCUT2D eigenvalue weighted by atomic mass is 16.5. The first-order chi connectivity index (χ1) is 5.70. The smallest absolute Gasteiger partial charge is 0.305 e. The molecule has 0 saturated carbocycles. The third-order valence-electron chi connectivity index (χ3n) is 1.40. The second kappa shape index (κ2) is 6.64. The molecule has 0 radical (unpaired) electrons. The Bertz CT molecular complexity index is 166. The average molecular weight is 173 g/mol. The van der Waals surface area contributed by atoms with E-state index in [-0.39, 0.29) is 5.97 Å². The monoisotopic (exact) mass is 173 g/mol. The first-order valence-electron chi connectivity index (χ1n) is 4.03. The molecule has 1 N–H and O–H groups in total. The van der Waals surface area contributed by atoms with Gasteiger partial charge >= 0.3 is 5.97 Å². The van der Waals surface area contributed by atoms with Gasteiger partial charge in [0, 0.05) is 6.42 Å². The number of esters is 1. The van der Waals surface area contributed by atoms with Gasteiger partial charge in [-0.3, -0.25) is 4.79 Å². The lowest BCUT2D eigenvalue weighted by Gasteiger charge is -2.00. The van der Waals surface area contributed by atoms with E-state index in [1.54, 1.807) is 13.8 Å². The average Bonchev–Trinajstić information content (AvgIpc) is 2.04. The molecule has 0 aliphatic carbocycles. The highest BCUT2D eigenvalue weighted by Gasteiger charge is 2.01. The third kappa shape index (κ3) is 5.70. The molecule has 4 heteroatoms. The molecule has 0 unspecified atom stereocenters. The van der Waals surface area contributed by atoms with Crippen molar-refractivity contribution in [1.29, 1.82) is 0 Å². The molecule has 0 aliphatic heterocycles.